The Kier molecular flexibility index (Phi) is 5.86. The average Bonchev–Trinajstić information content (AvgIpc) is 2.73. The lowest BCUT2D eigenvalue weighted by atomic mass is 10.0. The van der Waals surface area contributed by atoms with Crippen molar-refractivity contribution in [1.82, 2.24) is 0 Å². The largest absolute Gasteiger partial charge is 0.486 e. The maximum atomic E-state index is 13.3. The molecule has 29 heavy (non-hydrogen) atoms. The van der Waals surface area contributed by atoms with E-state index in [-0.39, 0.29) is 11.7 Å². The maximum absolute atomic E-state index is 13.3. The minimum atomic E-state index is -0.304. The third-order valence-corrected chi connectivity index (χ3v) is 5.74. The Morgan fingerprint density at radius 3 is 2.34 bits per heavy atom. The Balaban J connectivity index is 1.76. The maximum Gasteiger partial charge on any atom is 0.255 e. The van der Waals surface area contributed by atoms with Crippen molar-refractivity contribution in [3.8, 4) is 11.5 Å². The van der Waals surface area contributed by atoms with Crippen LogP contribution >= 0.6 is 38.5 Å². The van der Waals surface area contributed by atoms with E-state index in [2.05, 4.69) is 43.8 Å². The van der Waals surface area contributed by atoms with Crippen molar-refractivity contribution in [2.75, 3.05) is 18.5 Å². The number of fused-ring (bicyclic) bond motifs is 1. The lowest BCUT2D eigenvalue weighted by Gasteiger charge is -2.21. The second-order valence-electron chi connectivity index (χ2n) is 6.31. The number of carbonyl (C=O) groups is 2. The number of benzene rings is 3. The van der Waals surface area contributed by atoms with Crippen LogP contribution in [0, 0.1) is 3.57 Å². The van der Waals surface area contributed by atoms with Crippen molar-refractivity contribution in [3.63, 3.8) is 0 Å². The molecule has 1 amide bonds. The SMILES string of the molecule is O=C(Nc1cc2c(cc1C(=O)c1ccccc1Br)OCCO2)c1cccc(I)c1. The van der Waals surface area contributed by atoms with Gasteiger partial charge in [0, 0.05) is 25.2 Å². The van der Waals surface area contributed by atoms with Crippen molar-refractivity contribution in [2.24, 2.45) is 0 Å². The number of carbonyl (C=O) groups excluding carboxylic acids is 2. The molecule has 0 bridgehead atoms. The second-order valence-corrected chi connectivity index (χ2v) is 8.41. The van der Waals surface area contributed by atoms with Gasteiger partial charge in [-0.25, -0.2) is 0 Å². The third kappa shape index (κ3) is 4.30. The van der Waals surface area contributed by atoms with Gasteiger partial charge in [0.2, 0.25) is 0 Å². The Morgan fingerprint density at radius 1 is 0.897 bits per heavy atom. The molecule has 0 atom stereocenters. The molecular weight excluding hydrogens is 549 g/mol. The summed E-state index contributed by atoms with van der Waals surface area (Å²) >= 11 is 5.57. The Morgan fingerprint density at radius 2 is 1.62 bits per heavy atom. The quantitative estimate of drug-likeness (QED) is 0.345. The predicted octanol–water partition coefficient (Wildman–Crippen LogP) is 5.31. The Hall–Kier alpha value is -2.39. The van der Waals surface area contributed by atoms with Gasteiger partial charge in [-0.05, 0) is 59.0 Å². The van der Waals surface area contributed by atoms with Gasteiger partial charge in [0.1, 0.15) is 13.2 Å². The number of amides is 1. The summed E-state index contributed by atoms with van der Waals surface area (Å²) in [6, 6.07) is 17.7. The van der Waals surface area contributed by atoms with E-state index in [9.17, 15) is 9.59 Å². The normalized spacial score (nSPS) is 12.3. The summed E-state index contributed by atoms with van der Waals surface area (Å²) < 4.78 is 12.9. The molecule has 3 aromatic rings. The molecule has 0 spiro atoms. The fourth-order valence-electron chi connectivity index (χ4n) is 2.99. The first-order valence-electron chi connectivity index (χ1n) is 8.83. The first kappa shape index (κ1) is 19.9. The topological polar surface area (TPSA) is 64.6 Å². The summed E-state index contributed by atoms with van der Waals surface area (Å²) in [5.41, 5.74) is 1.71. The molecule has 1 aliphatic rings. The minimum absolute atomic E-state index is 0.229. The first-order valence-corrected chi connectivity index (χ1v) is 10.7. The van der Waals surface area contributed by atoms with Crippen LogP contribution in [-0.4, -0.2) is 24.9 Å². The third-order valence-electron chi connectivity index (χ3n) is 4.38. The molecule has 0 fully saturated rings. The lowest BCUT2D eigenvalue weighted by molar-refractivity contribution is 0.102. The molecule has 0 unspecified atom stereocenters. The molecule has 1 aliphatic heterocycles. The number of hydrogen-bond donors (Lipinski definition) is 1. The van der Waals surface area contributed by atoms with Gasteiger partial charge < -0.3 is 14.8 Å². The summed E-state index contributed by atoms with van der Waals surface area (Å²) in [5.74, 6) is 0.450. The summed E-state index contributed by atoms with van der Waals surface area (Å²) in [4.78, 5) is 26.1. The number of halogens is 2. The summed E-state index contributed by atoms with van der Waals surface area (Å²) in [6.45, 7) is 0.818. The number of nitrogens with one attached hydrogen (secondary N) is 1. The van der Waals surface area contributed by atoms with E-state index in [0.29, 0.717) is 51.6 Å². The van der Waals surface area contributed by atoms with Gasteiger partial charge in [0.05, 0.1) is 11.3 Å². The van der Waals surface area contributed by atoms with Crippen LogP contribution in [0.1, 0.15) is 26.3 Å². The number of anilines is 1. The van der Waals surface area contributed by atoms with Crippen molar-refractivity contribution in [3.05, 3.63) is 85.4 Å². The fourth-order valence-corrected chi connectivity index (χ4v) is 4.00. The van der Waals surface area contributed by atoms with Crippen LogP contribution in [0.2, 0.25) is 0 Å². The molecule has 0 saturated heterocycles. The summed E-state index contributed by atoms with van der Waals surface area (Å²) in [7, 11) is 0. The zero-order valence-corrected chi connectivity index (χ0v) is 18.8. The van der Waals surface area contributed by atoms with Crippen molar-refractivity contribution >= 4 is 55.9 Å². The van der Waals surface area contributed by atoms with E-state index in [4.69, 9.17) is 9.47 Å². The highest BCUT2D eigenvalue weighted by molar-refractivity contribution is 14.1. The van der Waals surface area contributed by atoms with Gasteiger partial charge in [-0.15, -0.1) is 0 Å². The van der Waals surface area contributed by atoms with Gasteiger partial charge in [-0.2, -0.15) is 0 Å². The van der Waals surface area contributed by atoms with Crippen molar-refractivity contribution < 1.29 is 19.1 Å². The van der Waals surface area contributed by atoms with Gasteiger partial charge in [0.25, 0.3) is 5.91 Å². The van der Waals surface area contributed by atoms with Gasteiger partial charge >= 0.3 is 0 Å². The van der Waals surface area contributed by atoms with Crippen LogP contribution in [0.4, 0.5) is 5.69 Å². The molecule has 1 heterocycles. The lowest BCUT2D eigenvalue weighted by Crippen LogP contribution is -2.19. The number of hydrogen-bond acceptors (Lipinski definition) is 4. The van der Waals surface area contributed by atoms with Crippen LogP contribution < -0.4 is 14.8 Å². The molecule has 3 aromatic carbocycles. The van der Waals surface area contributed by atoms with E-state index >= 15 is 0 Å². The number of rotatable bonds is 4. The minimum Gasteiger partial charge on any atom is -0.486 e. The smallest absolute Gasteiger partial charge is 0.255 e. The van der Waals surface area contributed by atoms with E-state index < -0.39 is 0 Å². The van der Waals surface area contributed by atoms with Gasteiger partial charge in [-0.1, -0.05) is 34.1 Å². The van der Waals surface area contributed by atoms with E-state index in [0.717, 1.165) is 3.57 Å². The standard InChI is InChI=1S/C22H15BrINO4/c23-17-7-2-1-6-15(17)21(26)16-11-19-20(29-9-8-28-19)12-18(16)25-22(27)13-4-3-5-14(24)10-13/h1-7,10-12H,8-9H2,(H,25,27). The zero-order chi connectivity index (χ0) is 20.4. The Labute approximate surface area is 189 Å². The zero-order valence-electron chi connectivity index (χ0n) is 15.1. The average molecular weight is 564 g/mol. The van der Waals surface area contributed by atoms with E-state index in [1.165, 1.54) is 0 Å². The molecular formula is C22H15BrINO4. The molecule has 0 saturated carbocycles. The number of ketones is 1. The number of ether oxygens (including phenoxy) is 2. The van der Waals surface area contributed by atoms with Crippen LogP contribution in [-0.2, 0) is 0 Å². The van der Waals surface area contributed by atoms with Crippen LogP contribution in [0.5, 0.6) is 11.5 Å². The molecule has 146 valence electrons. The highest BCUT2D eigenvalue weighted by Crippen LogP contribution is 2.37. The van der Waals surface area contributed by atoms with Crippen LogP contribution in [0.3, 0.4) is 0 Å². The van der Waals surface area contributed by atoms with Gasteiger partial charge in [0.15, 0.2) is 17.3 Å². The first-order chi connectivity index (χ1) is 14.0. The summed E-state index contributed by atoms with van der Waals surface area (Å²) in [6.07, 6.45) is 0. The molecule has 0 aromatic heterocycles. The van der Waals surface area contributed by atoms with Crippen LogP contribution in [0.25, 0.3) is 0 Å². The van der Waals surface area contributed by atoms with Gasteiger partial charge in [-0.3, -0.25) is 9.59 Å². The molecule has 5 nitrogen and oxygen atoms in total. The monoisotopic (exact) mass is 563 g/mol. The molecule has 4 rings (SSSR count). The van der Waals surface area contributed by atoms with E-state index in [1.807, 2.05) is 18.2 Å². The summed E-state index contributed by atoms with van der Waals surface area (Å²) in [5, 5.41) is 2.86. The molecule has 0 radical (unpaired) electrons. The second kappa shape index (κ2) is 8.54. The fraction of sp³-hybridized carbons (Fsp3) is 0.0909. The highest BCUT2D eigenvalue weighted by atomic mass is 127. The molecule has 0 aliphatic carbocycles. The molecule has 7 heteroatoms. The van der Waals surface area contributed by atoms with Crippen molar-refractivity contribution in [2.45, 2.75) is 0 Å². The Bertz CT molecular complexity index is 1120. The predicted molar refractivity (Wildman–Crippen MR) is 122 cm³/mol. The van der Waals surface area contributed by atoms with Crippen molar-refractivity contribution in [1.29, 1.82) is 0 Å². The van der Waals surface area contributed by atoms with E-state index in [1.54, 1.807) is 42.5 Å². The van der Waals surface area contributed by atoms with Crippen LogP contribution in [0.15, 0.2) is 65.1 Å². The highest BCUT2D eigenvalue weighted by Gasteiger charge is 2.23. The molecule has 1 N–H and O–H groups in total.